The molecule has 0 fully saturated rings. The van der Waals surface area contributed by atoms with Gasteiger partial charge in [0.1, 0.15) is 5.25 Å². The third-order valence-corrected chi connectivity index (χ3v) is 5.11. The lowest BCUT2D eigenvalue weighted by Gasteiger charge is -2.09. The van der Waals surface area contributed by atoms with Gasteiger partial charge in [0, 0.05) is 5.02 Å². The fraction of sp³-hybridized carbons (Fsp3) is 0.333. The van der Waals surface area contributed by atoms with Crippen LogP contribution >= 0.6 is 11.6 Å². The molecule has 0 saturated heterocycles. The molecule has 0 amide bonds. The highest BCUT2D eigenvalue weighted by atomic mass is 35.5. The van der Waals surface area contributed by atoms with Gasteiger partial charge in [0.25, 0.3) is 0 Å². The van der Waals surface area contributed by atoms with E-state index in [1.807, 2.05) is 0 Å². The Labute approximate surface area is 116 Å². The van der Waals surface area contributed by atoms with Crippen LogP contribution in [0.5, 0.6) is 0 Å². The van der Waals surface area contributed by atoms with Crippen molar-refractivity contribution in [3.8, 4) is 0 Å². The van der Waals surface area contributed by atoms with Gasteiger partial charge < -0.3 is 4.52 Å². The summed E-state index contributed by atoms with van der Waals surface area (Å²) in [6.07, 6.45) is 0. The predicted molar refractivity (Wildman–Crippen MR) is 71.5 cm³/mol. The van der Waals surface area contributed by atoms with E-state index >= 15 is 0 Å². The fourth-order valence-electron chi connectivity index (χ4n) is 1.59. The number of rotatable bonds is 4. The van der Waals surface area contributed by atoms with Crippen LogP contribution in [0, 0.1) is 6.92 Å². The lowest BCUT2D eigenvalue weighted by Crippen LogP contribution is -2.13. The average molecular weight is 301 g/mol. The highest BCUT2D eigenvalue weighted by Gasteiger charge is 2.28. The summed E-state index contributed by atoms with van der Waals surface area (Å²) in [7, 11) is -3.46. The van der Waals surface area contributed by atoms with Crippen molar-refractivity contribution < 1.29 is 12.9 Å². The summed E-state index contributed by atoms with van der Waals surface area (Å²) in [4.78, 5) is 3.95. The Hall–Kier alpha value is -1.40. The van der Waals surface area contributed by atoms with Gasteiger partial charge in [-0.15, -0.1) is 0 Å². The maximum atomic E-state index is 12.3. The first-order valence-electron chi connectivity index (χ1n) is 5.65. The largest absolute Gasteiger partial charge is 0.338 e. The van der Waals surface area contributed by atoms with Crippen molar-refractivity contribution in [3.05, 3.63) is 46.6 Å². The van der Waals surface area contributed by atoms with Crippen molar-refractivity contribution in [3.63, 3.8) is 0 Å². The summed E-state index contributed by atoms with van der Waals surface area (Å²) in [6, 6.07) is 6.85. The molecule has 5 nitrogen and oxygen atoms in total. The van der Waals surface area contributed by atoms with Gasteiger partial charge in [0.2, 0.25) is 5.89 Å². The third-order valence-electron chi connectivity index (χ3n) is 2.74. The van der Waals surface area contributed by atoms with Crippen LogP contribution in [-0.2, 0) is 15.6 Å². The summed E-state index contributed by atoms with van der Waals surface area (Å²) >= 11 is 5.97. The van der Waals surface area contributed by atoms with Crippen molar-refractivity contribution in [1.82, 2.24) is 10.1 Å². The summed E-state index contributed by atoms with van der Waals surface area (Å²) in [5.74, 6) is 0.356. The second-order valence-corrected chi connectivity index (χ2v) is 6.95. The van der Waals surface area contributed by atoms with Crippen LogP contribution in [-0.4, -0.2) is 18.6 Å². The molecule has 102 valence electrons. The first kappa shape index (κ1) is 14.0. The molecule has 0 spiro atoms. The molecule has 0 aliphatic heterocycles. The number of halogens is 1. The Balaban J connectivity index is 2.26. The topological polar surface area (TPSA) is 73.1 Å². The smallest absolute Gasteiger partial charge is 0.244 e. The lowest BCUT2D eigenvalue weighted by molar-refractivity contribution is 0.373. The van der Waals surface area contributed by atoms with Crippen molar-refractivity contribution in [2.75, 3.05) is 0 Å². The number of sulfone groups is 1. The van der Waals surface area contributed by atoms with Gasteiger partial charge in [-0.3, -0.25) is 0 Å². The van der Waals surface area contributed by atoms with Gasteiger partial charge in [-0.2, -0.15) is 4.98 Å². The van der Waals surface area contributed by atoms with Gasteiger partial charge in [-0.05, 0) is 25.5 Å². The van der Waals surface area contributed by atoms with Crippen LogP contribution in [0.3, 0.4) is 0 Å². The average Bonchev–Trinajstić information content (AvgIpc) is 2.77. The third kappa shape index (κ3) is 3.13. The van der Waals surface area contributed by atoms with E-state index in [9.17, 15) is 8.42 Å². The number of benzene rings is 1. The molecule has 0 N–H and O–H groups in total. The van der Waals surface area contributed by atoms with E-state index in [2.05, 4.69) is 10.1 Å². The van der Waals surface area contributed by atoms with E-state index in [4.69, 9.17) is 16.1 Å². The minimum Gasteiger partial charge on any atom is -0.338 e. The van der Waals surface area contributed by atoms with E-state index in [-0.39, 0.29) is 11.6 Å². The van der Waals surface area contributed by atoms with Crippen LogP contribution in [0.15, 0.2) is 28.8 Å². The Bertz CT molecular complexity index is 682. The van der Waals surface area contributed by atoms with Crippen molar-refractivity contribution in [2.45, 2.75) is 24.9 Å². The summed E-state index contributed by atoms with van der Waals surface area (Å²) < 4.78 is 29.5. The Morgan fingerprint density at radius 3 is 2.63 bits per heavy atom. The molecule has 2 rings (SSSR count). The Kier molecular flexibility index (Phi) is 3.91. The number of aromatic nitrogens is 2. The van der Waals surface area contributed by atoms with Crippen LogP contribution < -0.4 is 0 Å². The first-order valence-corrected chi connectivity index (χ1v) is 7.74. The second-order valence-electron chi connectivity index (χ2n) is 4.22. The van der Waals surface area contributed by atoms with Crippen molar-refractivity contribution >= 4 is 21.4 Å². The maximum Gasteiger partial charge on any atom is 0.244 e. The van der Waals surface area contributed by atoms with E-state index in [0.717, 1.165) is 0 Å². The molecule has 1 atom stereocenters. The number of hydrogen-bond donors (Lipinski definition) is 0. The first-order chi connectivity index (χ1) is 8.90. The minimum absolute atomic E-state index is 0.101. The standard InChI is InChI=1S/C12H13ClN2O3S/c1-8(12-14-9(2)15-18-12)19(16,17)7-10-5-3-4-6-11(10)13/h3-6,8H,7H2,1-2H3/t8-/m1/s1. The van der Waals surface area contributed by atoms with E-state index in [1.165, 1.54) is 6.92 Å². The highest BCUT2D eigenvalue weighted by Crippen LogP contribution is 2.26. The molecule has 0 saturated carbocycles. The molecule has 0 aliphatic carbocycles. The van der Waals surface area contributed by atoms with Gasteiger partial charge in [-0.25, -0.2) is 8.42 Å². The van der Waals surface area contributed by atoms with E-state index in [1.54, 1.807) is 31.2 Å². The molecule has 0 unspecified atom stereocenters. The zero-order valence-electron chi connectivity index (χ0n) is 10.5. The zero-order chi connectivity index (χ0) is 14.0. The summed E-state index contributed by atoms with van der Waals surface area (Å²) in [6.45, 7) is 3.17. The molecule has 1 heterocycles. The predicted octanol–water partition coefficient (Wildman–Crippen LogP) is 2.71. The summed E-state index contributed by atoms with van der Waals surface area (Å²) in [5.41, 5.74) is 0.562. The monoisotopic (exact) mass is 300 g/mol. The highest BCUT2D eigenvalue weighted by molar-refractivity contribution is 7.90. The lowest BCUT2D eigenvalue weighted by atomic mass is 10.2. The quantitative estimate of drug-likeness (QED) is 0.868. The molecule has 19 heavy (non-hydrogen) atoms. The number of aryl methyl sites for hydroxylation is 1. The van der Waals surface area contributed by atoms with Crippen LogP contribution in [0.25, 0.3) is 0 Å². The fourth-order valence-corrected chi connectivity index (χ4v) is 3.21. The molecular weight excluding hydrogens is 288 g/mol. The molecule has 0 aliphatic rings. The Morgan fingerprint density at radius 2 is 2.05 bits per heavy atom. The van der Waals surface area contributed by atoms with Gasteiger partial charge in [-0.1, -0.05) is 35.0 Å². The van der Waals surface area contributed by atoms with Gasteiger partial charge >= 0.3 is 0 Å². The van der Waals surface area contributed by atoms with Crippen LogP contribution in [0.4, 0.5) is 0 Å². The summed E-state index contributed by atoms with van der Waals surface area (Å²) in [5, 5.41) is 3.17. The molecule has 2 aromatic rings. The molecule has 0 bridgehead atoms. The normalized spacial score (nSPS) is 13.4. The van der Waals surface area contributed by atoms with Crippen molar-refractivity contribution in [2.24, 2.45) is 0 Å². The SMILES string of the molecule is Cc1noc([C@@H](C)S(=O)(=O)Cc2ccccc2Cl)n1. The molecular formula is C12H13ClN2O3S. The van der Waals surface area contributed by atoms with Gasteiger partial charge in [0.15, 0.2) is 15.7 Å². The number of nitrogens with zero attached hydrogens (tertiary/aromatic N) is 2. The minimum atomic E-state index is -3.46. The van der Waals surface area contributed by atoms with Crippen molar-refractivity contribution in [1.29, 1.82) is 0 Å². The number of hydrogen-bond acceptors (Lipinski definition) is 5. The van der Waals surface area contributed by atoms with E-state index < -0.39 is 15.1 Å². The second kappa shape index (κ2) is 5.30. The maximum absolute atomic E-state index is 12.3. The molecule has 1 aromatic heterocycles. The van der Waals surface area contributed by atoms with Gasteiger partial charge in [0.05, 0.1) is 5.75 Å². The Morgan fingerprint density at radius 1 is 1.37 bits per heavy atom. The zero-order valence-corrected chi connectivity index (χ0v) is 12.1. The van der Waals surface area contributed by atoms with Crippen LogP contribution in [0.2, 0.25) is 5.02 Å². The molecule has 1 aromatic carbocycles. The van der Waals surface area contributed by atoms with E-state index in [0.29, 0.717) is 16.4 Å². The van der Waals surface area contributed by atoms with Crippen LogP contribution in [0.1, 0.15) is 29.5 Å². The molecule has 0 radical (unpaired) electrons. The molecule has 7 heteroatoms.